The topological polar surface area (TPSA) is 52.3 Å². The number of benzene rings is 1. The van der Waals surface area contributed by atoms with Crippen LogP contribution in [0.4, 0.5) is 8.78 Å². The molecule has 0 spiro atoms. The summed E-state index contributed by atoms with van der Waals surface area (Å²) in [5, 5.41) is 0. The van der Waals surface area contributed by atoms with E-state index in [4.69, 9.17) is 5.73 Å². The van der Waals surface area contributed by atoms with Crippen LogP contribution in [-0.4, -0.2) is 19.6 Å². The number of hydrogen-bond donors (Lipinski definition) is 1. The number of nitrogens with two attached hydrogens (primary N) is 1. The predicted molar refractivity (Wildman–Crippen MR) is 54.9 cm³/mol. The molecule has 0 heterocycles. The van der Waals surface area contributed by atoms with Crippen LogP contribution in [0.5, 0.6) is 0 Å². The molecule has 0 aliphatic rings. The maximum atomic E-state index is 13.5. The van der Waals surface area contributed by atoms with E-state index in [2.05, 4.69) is 4.74 Å². The number of carbonyl (C=O) groups excluding carboxylic acids is 1. The molecule has 16 heavy (non-hydrogen) atoms. The molecule has 0 aliphatic carbocycles. The summed E-state index contributed by atoms with van der Waals surface area (Å²) in [6.07, 6.45) is 0. The largest absolute Gasteiger partial charge is 0.469 e. The van der Waals surface area contributed by atoms with Crippen molar-refractivity contribution >= 4 is 5.97 Å². The Balaban J connectivity index is 3.25. The fourth-order valence-electron chi connectivity index (χ4n) is 1.52. The molecule has 1 aromatic carbocycles. The van der Waals surface area contributed by atoms with Crippen molar-refractivity contribution in [1.82, 2.24) is 0 Å². The summed E-state index contributed by atoms with van der Waals surface area (Å²) in [5.41, 5.74) is 5.43. The van der Waals surface area contributed by atoms with Gasteiger partial charge in [-0.25, -0.2) is 8.78 Å². The van der Waals surface area contributed by atoms with Gasteiger partial charge in [-0.1, -0.05) is 0 Å². The van der Waals surface area contributed by atoms with E-state index in [-0.39, 0.29) is 12.1 Å². The molecule has 0 fully saturated rings. The van der Waals surface area contributed by atoms with Crippen LogP contribution in [0.25, 0.3) is 0 Å². The van der Waals surface area contributed by atoms with Crippen molar-refractivity contribution in [2.75, 3.05) is 13.7 Å². The highest BCUT2D eigenvalue weighted by Gasteiger charge is 2.26. The third kappa shape index (κ3) is 2.36. The van der Waals surface area contributed by atoms with Crippen molar-refractivity contribution in [3.05, 3.63) is 34.9 Å². The van der Waals surface area contributed by atoms with Crippen molar-refractivity contribution in [2.24, 2.45) is 5.73 Å². The van der Waals surface area contributed by atoms with Gasteiger partial charge in [-0.3, -0.25) is 4.79 Å². The third-order valence-corrected chi connectivity index (χ3v) is 2.29. The lowest BCUT2D eigenvalue weighted by Gasteiger charge is -2.14. The van der Waals surface area contributed by atoms with E-state index in [0.717, 1.165) is 19.2 Å². The van der Waals surface area contributed by atoms with Crippen LogP contribution < -0.4 is 5.73 Å². The summed E-state index contributed by atoms with van der Waals surface area (Å²) >= 11 is 0. The van der Waals surface area contributed by atoms with Gasteiger partial charge in [0, 0.05) is 12.1 Å². The van der Waals surface area contributed by atoms with Gasteiger partial charge in [-0.15, -0.1) is 0 Å². The second-order valence-corrected chi connectivity index (χ2v) is 3.45. The molecule has 0 aliphatic heterocycles. The molecule has 0 saturated carbocycles. The Morgan fingerprint density at radius 1 is 1.44 bits per heavy atom. The van der Waals surface area contributed by atoms with E-state index in [9.17, 15) is 13.6 Å². The zero-order chi connectivity index (χ0) is 12.3. The van der Waals surface area contributed by atoms with Crippen LogP contribution in [0, 0.1) is 18.6 Å². The highest BCUT2D eigenvalue weighted by atomic mass is 19.1. The Morgan fingerprint density at radius 2 is 1.94 bits per heavy atom. The van der Waals surface area contributed by atoms with Gasteiger partial charge in [0.2, 0.25) is 0 Å². The zero-order valence-corrected chi connectivity index (χ0v) is 9.09. The minimum Gasteiger partial charge on any atom is -0.469 e. The molecule has 1 rings (SSSR count). The van der Waals surface area contributed by atoms with E-state index in [1.54, 1.807) is 6.92 Å². The van der Waals surface area contributed by atoms with E-state index < -0.39 is 23.5 Å². The lowest BCUT2D eigenvalue weighted by molar-refractivity contribution is -0.142. The summed E-state index contributed by atoms with van der Waals surface area (Å²) in [6.45, 7) is 1.36. The Labute approximate surface area is 92.2 Å². The van der Waals surface area contributed by atoms with Crippen molar-refractivity contribution in [3.63, 3.8) is 0 Å². The SMILES string of the molecule is COC(=O)C(CN)c1c(F)cc(C)cc1F. The lowest BCUT2D eigenvalue weighted by atomic mass is 9.97. The molecule has 0 saturated heterocycles. The quantitative estimate of drug-likeness (QED) is 0.799. The molecule has 88 valence electrons. The van der Waals surface area contributed by atoms with Crippen LogP contribution in [-0.2, 0) is 9.53 Å². The molecule has 2 N–H and O–H groups in total. The average Bonchev–Trinajstić information content (AvgIpc) is 2.22. The van der Waals surface area contributed by atoms with Crippen LogP contribution >= 0.6 is 0 Å². The summed E-state index contributed by atoms with van der Waals surface area (Å²) in [5.74, 6) is -3.41. The molecule has 0 bridgehead atoms. The minimum atomic E-state index is -1.11. The van der Waals surface area contributed by atoms with Gasteiger partial charge in [0.1, 0.15) is 11.6 Å². The van der Waals surface area contributed by atoms with Crippen LogP contribution in [0.1, 0.15) is 17.0 Å². The van der Waals surface area contributed by atoms with E-state index in [1.807, 2.05) is 0 Å². The molecule has 1 aromatic rings. The van der Waals surface area contributed by atoms with Gasteiger partial charge in [0.15, 0.2) is 0 Å². The summed E-state index contributed by atoms with van der Waals surface area (Å²) in [7, 11) is 1.15. The number of carbonyl (C=O) groups is 1. The van der Waals surface area contributed by atoms with Crippen LogP contribution in [0.15, 0.2) is 12.1 Å². The van der Waals surface area contributed by atoms with Gasteiger partial charge in [-0.05, 0) is 24.6 Å². The maximum absolute atomic E-state index is 13.5. The molecular weight excluding hydrogens is 216 g/mol. The first-order valence-electron chi connectivity index (χ1n) is 4.74. The van der Waals surface area contributed by atoms with Crippen molar-refractivity contribution in [2.45, 2.75) is 12.8 Å². The zero-order valence-electron chi connectivity index (χ0n) is 9.09. The fourth-order valence-corrected chi connectivity index (χ4v) is 1.52. The number of rotatable bonds is 3. The molecule has 1 unspecified atom stereocenters. The van der Waals surface area contributed by atoms with Crippen LogP contribution in [0.3, 0.4) is 0 Å². The lowest BCUT2D eigenvalue weighted by Crippen LogP contribution is -2.25. The number of ether oxygens (including phenoxy) is 1. The third-order valence-electron chi connectivity index (χ3n) is 2.29. The second-order valence-electron chi connectivity index (χ2n) is 3.45. The number of halogens is 2. The molecule has 0 amide bonds. The monoisotopic (exact) mass is 229 g/mol. The number of hydrogen-bond acceptors (Lipinski definition) is 3. The second kappa shape index (κ2) is 5.03. The molecule has 3 nitrogen and oxygen atoms in total. The fraction of sp³-hybridized carbons (Fsp3) is 0.364. The van der Waals surface area contributed by atoms with E-state index >= 15 is 0 Å². The summed E-state index contributed by atoms with van der Waals surface area (Å²) < 4.78 is 31.5. The highest BCUT2D eigenvalue weighted by molar-refractivity contribution is 5.78. The smallest absolute Gasteiger partial charge is 0.314 e. The van der Waals surface area contributed by atoms with Gasteiger partial charge in [0.25, 0.3) is 0 Å². The first-order chi connectivity index (χ1) is 7.51. The molecular formula is C11H13F2NO2. The number of methoxy groups -OCH3 is 1. The van der Waals surface area contributed by atoms with Crippen molar-refractivity contribution in [1.29, 1.82) is 0 Å². The van der Waals surface area contributed by atoms with Gasteiger partial charge >= 0.3 is 5.97 Å². The van der Waals surface area contributed by atoms with Gasteiger partial charge < -0.3 is 10.5 Å². The summed E-state index contributed by atoms with van der Waals surface area (Å²) in [6, 6.07) is 2.31. The van der Waals surface area contributed by atoms with E-state index in [0.29, 0.717) is 5.56 Å². The van der Waals surface area contributed by atoms with Gasteiger partial charge in [0.05, 0.1) is 13.0 Å². The Bertz CT molecular complexity index is 384. The molecule has 1 atom stereocenters. The maximum Gasteiger partial charge on any atom is 0.314 e. The normalized spacial score (nSPS) is 12.3. The predicted octanol–water partition coefficient (Wildman–Crippen LogP) is 1.49. The average molecular weight is 229 g/mol. The Morgan fingerprint density at radius 3 is 2.31 bits per heavy atom. The van der Waals surface area contributed by atoms with Crippen molar-refractivity contribution < 1.29 is 18.3 Å². The summed E-state index contributed by atoms with van der Waals surface area (Å²) in [4.78, 5) is 11.3. The first-order valence-corrected chi connectivity index (χ1v) is 4.74. The number of esters is 1. The Hall–Kier alpha value is -1.49. The molecule has 0 aromatic heterocycles. The van der Waals surface area contributed by atoms with Crippen LogP contribution in [0.2, 0.25) is 0 Å². The first kappa shape index (κ1) is 12.6. The number of aryl methyl sites for hydroxylation is 1. The van der Waals surface area contributed by atoms with Crippen molar-refractivity contribution in [3.8, 4) is 0 Å². The van der Waals surface area contributed by atoms with Gasteiger partial charge in [-0.2, -0.15) is 0 Å². The highest BCUT2D eigenvalue weighted by Crippen LogP contribution is 2.24. The standard InChI is InChI=1S/C11H13F2NO2/c1-6-3-8(12)10(9(13)4-6)7(5-14)11(15)16-2/h3-4,7H,5,14H2,1-2H3. The van der Waals surface area contributed by atoms with E-state index in [1.165, 1.54) is 0 Å². The Kier molecular flexibility index (Phi) is 3.95. The minimum absolute atomic E-state index is 0.205. The molecule has 0 radical (unpaired) electrons. The molecule has 5 heteroatoms.